The van der Waals surface area contributed by atoms with Gasteiger partial charge in [-0.2, -0.15) is 0 Å². The van der Waals surface area contributed by atoms with Gasteiger partial charge in [0.15, 0.2) is 0 Å². The highest BCUT2D eigenvalue weighted by molar-refractivity contribution is 7.10. The molecule has 21 heavy (non-hydrogen) atoms. The van der Waals surface area contributed by atoms with Crippen LogP contribution in [-0.4, -0.2) is 18.6 Å². The van der Waals surface area contributed by atoms with Crippen LogP contribution < -0.4 is 10.1 Å². The first kappa shape index (κ1) is 14.0. The third-order valence-corrected chi connectivity index (χ3v) is 4.36. The average Bonchev–Trinajstić information content (AvgIpc) is 3.06. The summed E-state index contributed by atoms with van der Waals surface area (Å²) in [4.78, 5) is 5.64. The summed E-state index contributed by atoms with van der Waals surface area (Å²) in [7, 11) is 1.97. The predicted octanol–water partition coefficient (Wildman–Crippen LogP) is 4.03. The summed E-state index contributed by atoms with van der Waals surface area (Å²) in [5.41, 5.74) is 0.966. The van der Waals surface area contributed by atoms with Crippen LogP contribution in [0.25, 0.3) is 10.9 Å². The fraction of sp³-hybridized carbons (Fsp3) is 0.235. The van der Waals surface area contributed by atoms with Crippen molar-refractivity contribution >= 4 is 22.2 Å². The van der Waals surface area contributed by atoms with Crippen molar-refractivity contribution in [3.8, 4) is 5.75 Å². The molecular formula is C17H18N2OS. The molecule has 4 heteroatoms. The standard InChI is InChI=1S/C17H18N2OS/c1-18-11-9-16(17-8-4-12-21-17)20-15-7-2-6-14-13(15)5-3-10-19-14/h2-8,10,12,16,18H,9,11H2,1H3. The lowest BCUT2D eigenvalue weighted by Crippen LogP contribution is -2.15. The van der Waals surface area contributed by atoms with Crippen LogP contribution in [0, 0.1) is 0 Å². The van der Waals surface area contributed by atoms with Gasteiger partial charge in [0.1, 0.15) is 11.9 Å². The lowest BCUT2D eigenvalue weighted by atomic mass is 10.1. The number of benzene rings is 1. The fourth-order valence-corrected chi connectivity index (χ4v) is 3.13. The lowest BCUT2D eigenvalue weighted by Gasteiger charge is -2.19. The SMILES string of the molecule is CNCCC(Oc1cccc2ncccc12)c1cccs1. The first-order chi connectivity index (χ1) is 10.4. The Kier molecular flexibility index (Phi) is 4.48. The molecule has 3 nitrogen and oxygen atoms in total. The van der Waals surface area contributed by atoms with Crippen LogP contribution in [0.2, 0.25) is 0 Å². The molecule has 2 aromatic heterocycles. The molecule has 1 aromatic carbocycles. The Morgan fingerprint density at radius 2 is 2.14 bits per heavy atom. The van der Waals surface area contributed by atoms with E-state index in [4.69, 9.17) is 4.74 Å². The Hall–Kier alpha value is -1.91. The highest BCUT2D eigenvalue weighted by Crippen LogP contribution is 2.31. The molecule has 0 saturated heterocycles. The normalized spacial score (nSPS) is 12.4. The Bertz CT molecular complexity index is 692. The van der Waals surface area contributed by atoms with Crippen molar-refractivity contribution in [2.45, 2.75) is 12.5 Å². The molecule has 0 aliphatic carbocycles. The van der Waals surface area contributed by atoms with Gasteiger partial charge in [-0.15, -0.1) is 11.3 Å². The third-order valence-electron chi connectivity index (χ3n) is 3.39. The van der Waals surface area contributed by atoms with E-state index in [1.165, 1.54) is 4.88 Å². The maximum atomic E-state index is 6.30. The minimum Gasteiger partial charge on any atom is -0.484 e. The van der Waals surface area contributed by atoms with Crippen LogP contribution >= 0.6 is 11.3 Å². The molecule has 0 fully saturated rings. The molecule has 0 spiro atoms. The van der Waals surface area contributed by atoms with Gasteiger partial charge >= 0.3 is 0 Å². The van der Waals surface area contributed by atoms with Crippen molar-refractivity contribution in [2.75, 3.05) is 13.6 Å². The van der Waals surface area contributed by atoms with Gasteiger partial charge in [0.05, 0.1) is 5.52 Å². The van der Waals surface area contributed by atoms with E-state index < -0.39 is 0 Å². The molecule has 0 saturated carbocycles. The number of ether oxygens (including phenoxy) is 1. The molecule has 3 aromatic rings. The number of fused-ring (bicyclic) bond motifs is 1. The molecule has 0 radical (unpaired) electrons. The van der Waals surface area contributed by atoms with Crippen molar-refractivity contribution < 1.29 is 4.74 Å². The predicted molar refractivity (Wildman–Crippen MR) is 88.0 cm³/mol. The van der Waals surface area contributed by atoms with Crippen LogP contribution in [0.3, 0.4) is 0 Å². The molecule has 1 unspecified atom stereocenters. The van der Waals surface area contributed by atoms with Gasteiger partial charge in [0.2, 0.25) is 0 Å². The van der Waals surface area contributed by atoms with E-state index in [9.17, 15) is 0 Å². The largest absolute Gasteiger partial charge is 0.484 e. The Morgan fingerprint density at radius 3 is 2.95 bits per heavy atom. The van der Waals surface area contributed by atoms with Crippen molar-refractivity contribution in [1.82, 2.24) is 10.3 Å². The van der Waals surface area contributed by atoms with Crippen LogP contribution in [-0.2, 0) is 0 Å². The zero-order valence-corrected chi connectivity index (χ0v) is 12.8. The summed E-state index contributed by atoms with van der Waals surface area (Å²) >= 11 is 1.74. The summed E-state index contributed by atoms with van der Waals surface area (Å²) in [6.45, 7) is 0.922. The smallest absolute Gasteiger partial charge is 0.134 e. The lowest BCUT2D eigenvalue weighted by molar-refractivity contribution is 0.201. The molecular weight excluding hydrogens is 280 g/mol. The van der Waals surface area contributed by atoms with Gasteiger partial charge in [-0.3, -0.25) is 4.98 Å². The molecule has 1 atom stereocenters. The van der Waals surface area contributed by atoms with Gasteiger partial charge in [-0.1, -0.05) is 12.1 Å². The molecule has 0 aliphatic heterocycles. The molecule has 108 valence electrons. The van der Waals surface area contributed by atoms with E-state index in [0.29, 0.717) is 0 Å². The van der Waals surface area contributed by atoms with E-state index in [2.05, 4.69) is 33.9 Å². The highest BCUT2D eigenvalue weighted by atomic mass is 32.1. The van der Waals surface area contributed by atoms with E-state index in [1.54, 1.807) is 11.3 Å². The number of thiophene rings is 1. The molecule has 1 N–H and O–H groups in total. The third kappa shape index (κ3) is 3.23. The fourth-order valence-electron chi connectivity index (χ4n) is 2.34. The van der Waals surface area contributed by atoms with Crippen molar-refractivity contribution in [3.63, 3.8) is 0 Å². The molecule has 2 heterocycles. The van der Waals surface area contributed by atoms with Gasteiger partial charge in [-0.05, 0) is 49.3 Å². The van der Waals surface area contributed by atoms with Crippen molar-refractivity contribution in [3.05, 3.63) is 58.9 Å². The zero-order chi connectivity index (χ0) is 14.5. The van der Waals surface area contributed by atoms with Crippen molar-refractivity contribution in [2.24, 2.45) is 0 Å². The van der Waals surface area contributed by atoms with Gasteiger partial charge in [0, 0.05) is 22.9 Å². The van der Waals surface area contributed by atoms with E-state index in [-0.39, 0.29) is 6.10 Å². The highest BCUT2D eigenvalue weighted by Gasteiger charge is 2.15. The number of hydrogen-bond acceptors (Lipinski definition) is 4. The Balaban J connectivity index is 1.90. The molecule has 3 rings (SSSR count). The average molecular weight is 298 g/mol. The van der Waals surface area contributed by atoms with Crippen LogP contribution in [0.15, 0.2) is 54.0 Å². The minimum atomic E-state index is 0.0725. The number of nitrogens with zero attached hydrogens (tertiary/aromatic N) is 1. The topological polar surface area (TPSA) is 34.1 Å². The second-order valence-corrected chi connectivity index (χ2v) is 5.82. The van der Waals surface area contributed by atoms with Gasteiger partial charge in [-0.25, -0.2) is 0 Å². The number of aromatic nitrogens is 1. The first-order valence-electron chi connectivity index (χ1n) is 7.07. The quantitative estimate of drug-likeness (QED) is 0.746. The maximum absolute atomic E-state index is 6.30. The Morgan fingerprint density at radius 1 is 1.19 bits per heavy atom. The van der Waals surface area contributed by atoms with E-state index in [1.807, 2.05) is 37.5 Å². The monoisotopic (exact) mass is 298 g/mol. The summed E-state index contributed by atoms with van der Waals surface area (Å²) < 4.78 is 6.30. The summed E-state index contributed by atoms with van der Waals surface area (Å²) in [6, 6.07) is 14.2. The van der Waals surface area contributed by atoms with Gasteiger partial charge < -0.3 is 10.1 Å². The second-order valence-electron chi connectivity index (χ2n) is 4.84. The number of hydrogen-bond donors (Lipinski definition) is 1. The number of nitrogens with one attached hydrogen (secondary N) is 1. The van der Waals surface area contributed by atoms with Crippen LogP contribution in [0.1, 0.15) is 17.4 Å². The minimum absolute atomic E-state index is 0.0725. The number of rotatable bonds is 6. The molecule has 0 bridgehead atoms. The summed E-state index contributed by atoms with van der Waals surface area (Å²) in [5, 5.41) is 6.35. The van der Waals surface area contributed by atoms with Crippen LogP contribution in [0.5, 0.6) is 5.75 Å². The first-order valence-corrected chi connectivity index (χ1v) is 7.95. The second kappa shape index (κ2) is 6.70. The van der Waals surface area contributed by atoms with Crippen LogP contribution in [0.4, 0.5) is 0 Å². The van der Waals surface area contributed by atoms with Gasteiger partial charge in [0.25, 0.3) is 0 Å². The zero-order valence-electron chi connectivity index (χ0n) is 12.0. The Labute approximate surface area is 128 Å². The van der Waals surface area contributed by atoms with Crippen molar-refractivity contribution in [1.29, 1.82) is 0 Å². The molecule has 0 aliphatic rings. The summed E-state index contributed by atoms with van der Waals surface area (Å²) in [6.07, 6.45) is 2.82. The molecule has 0 amide bonds. The number of pyridine rings is 1. The van der Waals surface area contributed by atoms with E-state index >= 15 is 0 Å². The van der Waals surface area contributed by atoms with E-state index in [0.717, 1.165) is 29.6 Å². The maximum Gasteiger partial charge on any atom is 0.134 e. The summed E-state index contributed by atoms with van der Waals surface area (Å²) in [5.74, 6) is 0.898.